The number of thioether (sulfide) groups is 1. The Morgan fingerprint density at radius 3 is 2.59 bits per heavy atom. The summed E-state index contributed by atoms with van der Waals surface area (Å²) in [5.41, 5.74) is 2.60. The summed E-state index contributed by atoms with van der Waals surface area (Å²) in [5.74, 6) is 0. The van der Waals surface area contributed by atoms with Gasteiger partial charge in [-0.15, -0.1) is 11.8 Å². The van der Waals surface area contributed by atoms with Crippen LogP contribution in [0.3, 0.4) is 0 Å². The normalized spacial score (nSPS) is 13.2. The van der Waals surface area contributed by atoms with E-state index in [2.05, 4.69) is 60.7 Å². The van der Waals surface area contributed by atoms with Gasteiger partial charge in [-0.2, -0.15) is 0 Å². The van der Waals surface area contributed by atoms with E-state index in [1.807, 2.05) is 11.8 Å². The lowest BCUT2D eigenvalue weighted by atomic mass is 10.2. The number of rotatable bonds is 1. The van der Waals surface area contributed by atoms with E-state index < -0.39 is 0 Å². The van der Waals surface area contributed by atoms with Crippen molar-refractivity contribution in [1.82, 2.24) is 0 Å². The summed E-state index contributed by atoms with van der Waals surface area (Å²) < 4.78 is 0. The standard InChI is InChI=1S/C14H13NS2/c1-15-11-5-3-4-6-13(11)17-14-8-7-10(16-2)9-12(14)15/h3-9H,1-2H3. The Kier molecular flexibility index (Phi) is 2.81. The molecule has 1 nitrogen and oxygen atoms in total. The van der Waals surface area contributed by atoms with E-state index >= 15 is 0 Å². The van der Waals surface area contributed by atoms with Crippen molar-refractivity contribution in [3.63, 3.8) is 0 Å². The minimum Gasteiger partial charge on any atom is -0.343 e. The Balaban J connectivity index is 2.13. The molecule has 17 heavy (non-hydrogen) atoms. The minimum absolute atomic E-state index is 1.29. The molecule has 0 amide bonds. The van der Waals surface area contributed by atoms with E-state index in [1.165, 1.54) is 26.1 Å². The smallest absolute Gasteiger partial charge is 0.0561 e. The molecule has 0 saturated heterocycles. The largest absolute Gasteiger partial charge is 0.343 e. The van der Waals surface area contributed by atoms with Gasteiger partial charge in [0.15, 0.2) is 0 Å². The number of hydrogen-bond donors (Lipinski definition) is 0. The SMILES string of the molecule is CSc1ccc2c(c1)N(C)c1ccccc1S2. The van der Waals surface area contributed by atoms with Crippen LogP contribution in [0.5, 0.6) is 0 Å². The monoisotopic (exact) mass is 259 g/mol. The van der Waals surface area contributed by atoms with Crippen LogP contribution in [-0.4, -0.2) is 13.3 Å². The first-order valence-electron chi connectivity index (χ1n) is 5.48. The van der Waals surface area contributed by atoms with Crippen LogP contribution in [0.2, 0.25) is 0 Å². The summed E-state index contributed by atoms with van der Waals surface area (Å²) in [6.07, 6.45) is 2.12. The molecule has 0 unspecified atom stereocenters. The highest BCUT2D eigenvalue weighted by atomic mass is 32.2. The van der Waals surface area contributed by atoms with E-state index in [0.29, 0.717) is 0 Å². The highest BCUT2D eigenvalue weighted by Crippen LogP contribution is 2.47. The van der Waals surface area contributed by atoms with Gasteiger partial charge in [-0.1, -0.05) is 23.9 Å². The second kappa shape index (κ2) is 4.31. The van der Waals surface area contributed by atoms with Crippen molar-refractivity contribution in [2.75, 3.05) is 18.2 Å². The third kappa shape index (κ3) is 1.83. The van der Waals surface area contributed by atoms with Gasteiger partial charge in [-0.25, -0.2) is 0 Å². The molecule has 3 rings (SSSR count). The molecule has 1 aliphatic rings. The molecule has 0 saturated carbocycles. The predicted octanol–water partition coefficient (Wildman–Crippen LogP) is 4.64. The topological polar surface area (TPSA) is 3.24 Å². The molecule has 0 atom stereocenters. The third-order valence-electron chi connectivity index (χ3n) is 2.97. The van der Waals surface area contributed by atoms with E-state index in [-0.39, 0.29) is 0 Å². The van der Waals surface area contributed by atoms with Crippen LogP contribution in [0.1, 0.15) is 0 Å². The zero-order chi connectivity index (χ0) is 11.8. The van der Waals surface area contributed by atoms with Crippen LogP contribution in [-0.2, 0) is 0 Å². The van der Waals surface area contributed by atoms with Crippen molar-refractivity contribution < 1.29 is 0 Å². The Morgan fingerprint density at radius 2 is 1.76 bits per heavy atom. The summed E-state index contributed by atoms with van der Waals surface area (Å²) in [5, 5.41) is 0. The summed E-state index contributed by atoms with van der Waals surface area (Å²) in [4.78, 5) is 6.26. The van der Waals surface area contributed by atoms with Crippen molar-refractivity contribution in [2.24, 2.45) is 0 Å². The van der Waals surface area contributed by atoms with Crippen molar-refractivity contribution in [1.29, 1.82) is 0 Å². The van der Waals surface area contributed by atoms with Gasteiger partial charge in [0.1, 0.15) is 0 Å². The fourth-order valence-electron chi connectivity index (χ4n) is 2.04. The zero-order valence-electron chi connectivity index (χ0n) is 9.81. The van der Waals surface area contributed by atoms with Crippen LogP contribution in [0.25, 0.3) is 0 Å². The van der Waals surface area contributed by atoms with Crippen molar-refractivity contribution in [2.45, 2.75) is 14.7 Å². The van der Waals surface area contributed by atoms with Crippen LogP contribution in [0.4, 0.5) is 11.4 Å². The van der Waals surface area contributed by atoms with Gasteiger partial charge in [0.25, 0.3) is 0 Å². The van der Waals surface area contributed by atoms with E-state index in [4.69, 9.17) is 0 Å². The van der Waals surface area contributed by atoms with Gasteiger partial charge >= 0.3 is 0 Å². The maximum Gasteiger partial charge on any atom is 0.0561 e. The first-order valence-corrected chi connectivity index (χ1v) is 7.52. The number of hydrogen-bond acceptors (Lipinski definition) is 3. The predicted molar refractivity (Wildman–Crippen MR) is 76.9 cm³/mol. The second-order valence-electron chi connectivity index (χ2n) is 3.96. The summed E-state index contributed by atoms with van der Waals surface area (Å²) in [7, 11) is 2.14. The first kappa shape index (κ1) is 11.1. The number of anilines is 2. The van der Waals surface area contributed by atoms with Crippen molar-refractivity contribution in [3.8, 4) is 0 Å². The molecule has 0 bridgehead atoms. The summed E-state index contributed by atoms with van der Waals surface area (Å²) in [6, 6.07) is 15.2. The molecule has 2 aromatic rings. The molecular weight excluding hydrogens is 246 g/mol. The quantitative estimate of drug-likeness (QED) is 0.687. The van der Waals surface area contributed by atoms with Crippen LogP contribution >= 0.6 is 23.5 Å². The van der Waals surface area contributed by atoms with Gasteiger partial charge in [-0.3, -0.25) is 0 Å². The van der Waals surface area contributed by atoms with Crippen LogP contribution in [0, 0.1) is 0 Å². The molecule has 0 radical (unpaired) electrons. The lowest BCUT2D eigenvalue weighted by Gasteiger charge is -2.29. The molecule has 86 valence electrons. The molecule has 0 aromatic heterocycles. The number of nitrogens with zero attached hydrogens (tertiary/aromatic N) is 1. The Bertz CT molecular complexity index is 566. The maximum atomic E-state index is 2.28. The third-order valence-corrected chi connectivity index (χ3v) is 4.83. The number of para-hydroxylation sites is 1. The molecule has 0 spiro atoms. The molecule has 1 heterocycles. The highest BCUT2D eigenvalue weighted by molar-refractivity contribution is 8.00. The fourth-order valence-corrected chi connectivity index (χ4v) is 3.60. The average molecular weight is 259 g/mol. The molecule has 3 heteroatoms. The van der Waals surface area contributed by atoms with Crippen LogP contribution < -0.4 is 4.90 Å². The Morgan fingerprint density at radius 1 is 1.00 bits per heavy atom. The maximum absolute atomic E-state index is 2.28. The van der Waals surface area contributed by atoms with Crippen LogP contribution in [0.15, 0.2) is 57.2 Å². The summed E-state index contributed by atoms with van der Waals surface area (Å²) >= 11 is 3.64. The Hall–Kier alpha value is -1.06. The van der Waals surface area contributed by atoms with E-state index in [1.54, 1.807) is 11.8 Å². The molecule has 0 aliphatic carbocycles. The second-order valence-corrected chi connectivity index (χ2v) is 5.93. The van der Waals surface area contributed by atoms with Gasteiger partial charge < -0.3 is 4.90 Å². The number of fused-ring (bicyclic) bond motifs is 2. The minimum atomic E-state index is 1.29. The number of benzene rings is 2. The molecule has 0 fully saturated rings. The average Bonchev–Trinajstić information content (AvgIpc) is 2.39. The van der Waals surface area contributed by atoms with Crippen molar-refractivity contribution >= 4 is 34.9 Å². The molecular formula is C14H13NS2. The van der Waals surface area contributed by atoms with E-state index in [0.717, 1.165) is 0 Å². The lowest BCUT2D eigenvalue weighted by Crippen LogP contribution is -2.14. The van der Waals surface area contributed by atoms with E-state index in [9.17, 15) is 0 Å². The van der Waals surface area contributed by atoms with Gasteiger partial charge in [0, 0.05) is 21.7 Å². The van der Waals surface area contributed by atoms with Crippen molar-refractivity contribution in [3.05, 3.63) is 42.5 Å². The molecule has 1 aliphatic heterocycles. The summed E-state index contributed by atoms with van der Waals surface area (Å²) in [6.45, 7) is 0. The molecule has 2 aromatic carbocycles. The van der Waals surface area contributed by atoms with Gasteiger partial charge in [-0.05, 0) is 36.6 Å². The fraction of sp³-hybridized carbons (Fsp3) is 0.143. The lowest BCUT2D eigenvalue weighted by molar-refractivity contribution is 1.10. The Labute approximate surface area is 110 Å². The zero-order valence-corrected chi connectivity index (χ0v) is 11.4. The van der Waals surface area contributed by atoms with Gasteiger partial charge in [0.05, 0.1) is 11.4 Å². The molecule has 0 N–H and O–H groups in total. The first-order chi connectivity index (χ1) is 8.29. The highest BCUT2D eigenvalue weighted by Gasteiger charge is 2.20. The van der Waals surface area contributed by atoms with Gasteiger partial charge in [0.2, 0.25) is 0 Å².